The molecule has 0 unspecified atom stereocenters. The highest BCUT2D eigenvalue weighted by molar-refractivity contribution is 7.80. The van der Waals surface area contributed by atoms with E-state index in [1.807, 2.05) is 0 Å². The molecule has 3 aromatic rings. The van der Waals surface area contributed by atoms with E-state index in [0.29, 0.717) is 5.56 Å². The molecule has 3 aromatic carbocycles. The van der Waals surface area contributed by atoms with Gasteiger partial charge in [0.1, 0.15) is 0 Å². The van der Waals surface area contributed by atoms with Gasteiger partial charge < -0.3 is 10.6 Å². The van der Waals surface area contributed by atoms with Crippen LogP contribution in [0.5, 0.6) is 0 Å². The number of nitro groups is 1. The summed E-state index contributed by atoms with van der Waals surface area (Å²) >= 11 is 5.12. The standard InChI is InChI=1S/C23H18FN5O5S/c1-14(30)25-22(35)26-19-13-16(21(31)15-5-3-2-4-6-15)7-12-20(19)28(23(32)27-24)17-8-10-18(11-9-17)29(33)34/h2-13H,1H3,(H,27,32)(H2,25,26,30,35). The van der Waals surface area contributed by atoms with Gasteiger partial charge in [0.05, 0.1) is 22.0 Å². The SMILES string of the molecule is CC(=O)NC(=S)Nc1cc(C(=O)c2ccccc2)ccc1N(C(=O)NF)c1ccc([N+](=O)[O-])cc1. The van der Waals surface area contributed by atoms with Crippen LogP contribution in [0.25, 0.3) is 0 Å². The first kappa shape index (κ1) is 24.9. The summed E-state index contributed by atoms with van der Waals surface area (Å²) in [4.78, 5) is 48.1. The van der Waals surface area contributed by atoms with Crippen molar-refractivity contribution in [3.8, 4) is 0 Å². The number of rotatable bonds is 6. The van der Waals surface area contributed by atoms with Gasteiger partial charge in [-0.25, -0.2) is 4.79 Å². The number of halogens is 1. The van der Waals surface area contributed by atoms with E-state index in [1.165, 1.54) is 37.3 Å². The number of thiocarbonyl (C=S) groups is 1. The molecule has 0 aliphatic rings. The van der Waals surface area contributed by atoms with E-state index >= 15 is 0 Å². The molecular weight excluding hydrogens is 477 g/mol. The van der Waals surface area contributed by atoms with Gasteiger partial charge >= 0.3 is 6.03 Å². The van der Waals surface area contributed by atoms with Crippen molar-refractivity contribution in [3.63, 3.8) is 0 Å². The predicted molar refractivity (Wildman–Crippen MR) is 131 cm³/mol. The number of urea groups is 1. The molecule has 0 fully saturated rings. The fourth-order valence-electron chi connectivity index (χ4n) is 3.17. The van der Waals surface area contributed by atoms with Crippen LogP contribution in [0.2, 0.25) is 0 Å². The van der Waals surface area contributed by atoms with Crippen LogP contribution in [0.3, 0.4) is 0 Å². The minimum Gasteiger partial charge on any atom is -0.331 e. The number of hydrogen-bond donors (Lipinski definition) is 3. The third-order valence-electron chi connectivity index (χ3n) is 4.68. The van der Waals surface area contributed by atoms with E-state index in [1.54, 1.807) is 30.3 Å². The summed E-state index contributed by atoms with van der Waals surface area (Å²) in [6.07, 6.45) is 0. The second-order valence-electron chi connectivity index (χ2n) is 7.07. The zero-order chi connectivity index (χ0) is 25.5. The van der Waals surface area contributed by atoms with Gasteiger partial charge in [-0.3, -0.25) is 24.6 Å². The summed E-state index contributed by atoms with van der Waals surface area (Å²) in [5.74, 6) is -0.795. The van der Waals surface area contributed by atoms with Crippen LogP contribution in [0.1, 0.15) is 22.8 Å². The number of ketones is 1. The van der Waals surface area contributed by atoms with Gasteiger partial charge in [0.15, 0.2) is 10.9 Å². The third-order valence-corrected chi connectivity index (χ3v) is 4.88. The fourth-order valence-corrected chi connectivity index (χ4v) is 3.43. The smallest absolute Gasteiger partial charge is 0.331 e. The highest BCUT2D eigenvalue weighted by Crippen LogP contribution is 2.34. The Bertz CT molecular complexity index is 1300. The van der Waals surface area contributed by atoms with Crippen molar-refractivity contribution < 1.29 is 23.8 Å². The van der Waals surface area contributed by atoms with Gasteiger partial charge in [-0.05, 0) is 42.5 Å². The largest absolute Gasteiger partial charge is 0.354 e. The Morgan fingerprint density at radius 1 is 0.971 bits per heavy atom. The number of benzene rings is 3. The van der Waals surface area contributed by atoms with E-state index < -0.39 is 16.9 Å². The molecule has 3 amide bonds. The highest BCUT2D eigenvalue weighted by atomic mass is 32.1. The topological polar surface area (TPSA) is 134 Å². The number of nitrogens with one attached hydrogen (secondary N) is 3. The van der Waals surface area contributed by atoms with Crippen molar-refractivity contribution in [2.24, 2.45) is 0 Å². The van der Waals surface area contributed by atoms with E-state index in [-0.39, 0.29) is 39.2 Å². The van der Waals surface area contributed by atoms with Crippen LogP contribution in [0.15, 0.2) is 72.8 Å². The van der Waals surface area contributed by atoms with Crippen molar-refractivity contribution in [2.45, 2.75) is 6.92 Å². The summed E-state index contributed by atoms with van der Waals surface area (Å²) in [5.41, 5.74) is 1.65. The highest BCUT2D eigenvalue weighted by Gasteiger charge is 2.24. The molecule has 35 heavy (non-hydrogen) atoms. The second-order valence-corrected chi connectivity index (χ2v) is 7.48. The molecule has 0 spiro atoms. The number of hydrogen-bond acceptors (Lipinski definition) is 6. The predicted octanol–water partition coefficient (Wildman–Crippen LogP) is 4.39. The second kappa shape index (κ2) is 10.9. The van der Waals surface area contributed by atoms with E-state index in [4.69, 9.17) is 12.2 Å². The Morgan fingerprint density at radius 2 is 1.63 bits per heavy atom. The summed E-state index contributed by atoms with van der Waals surface area (Å²) in [6.45, 7) is 1.24. The zero-order valence-corrected chi connectivity index (χ0v) is 19.0. The van der Waals surface area contributed by atoms with Crippen molar-refractivity contribution >= 4 is 57.8 Å². The molecule has 0 radical (unpaired) electrons. The molecule has 0 heterocycles. The minimum absolute atomic E-state index is 0.0475. The molecule has 0 saturated carbocycles. The number of carbonyl (C=O) groups is 3. The Labute approximate surface area is 203 Å². The molecule has 12 heteroatoms. The monoisotopic (exact) mass is 495 g/mol. The zero-order valence-electron chi connectivity index (χ0n) is 18.2. The van der Waals surface area contributed by atoms with Crippen molar-refractivity contribution in [3.05, 3.63) is 94.0 Å². The Kier molecular flexibility index (Phi) is 7.79. The molecule has 0 bridgehead atoms. The number of carbonyl (C=O) groups excluding carboxylic acids is 3. The molecule has 10 nitrogen and oxygen atoms in total. The number of nitro benzene ring substituents is 1. The first-order valence-corrected chi connectivity index (χ1v) is 10.4. The number of amides is 3. The van der Waals surface area contributed by atoms with Gasteiger partial charge in [0, 0.05) is 30.2 Å². The van der Waals surface area contributed by atoms with Gasteiger partial charge in [-0.2, -0.15) is 5.54 Å². The van der Waals surface area contributed by atoms with Crippen LogP contribution >= 0.6 is 12.2 Å². The lowest BCUT2D eigenvalue weighted by Gasteiger charge is -2.25. The van der Waals surface area contributed by atoms with Crippen molar-refractivity contribution in [2.75, 3.05) is 10.2 Å². The van der Waals surface area contributed by atoms with E-state index in [2.05, 4.69) is 10.6 Å². The average molecular weight is 495 g/mol. The van der Waals surface area contributed by atoms with Gasteiger partial charge in [0.25, 0.3) is 5.69 Å². The van der Waals surface area contributed by atoms with Crippen LogP contribution in [-0.4, -0.2) is 27.8 Å². The van der Waals surface area contributed by atoms with Crippen molar-refractivity contribution in [1.82, 2.24) is 10.9 Å². The lowest BCUT2D eigenvalue weighted by Crippen LogP contribution is -2.35. The van der Waals surface area contributed by atoms with E-state index in [9.17, 15) is 29.0 Å². The van der Waals surface area contributed by atoms with Crippen molar-refractivity contribution in [1.29, 1.82) is 0 Å². The molecule has 0 saturated heterocycles. The average Bonchev–Trinajstić information content (AvgIpc) is 2.84. The maximum Gasteiger partial charge on any atom is 0.354 e. The van der Waals surface area contributed by atoms with E-state index in [0.717, 1.165) is 22.6 Å². The minimum atomic E-state index is -1.21. The first-order chi connectivity index (χ1) is 16.7. The fraction of sp³-hybridized carbons (Fsp3) is 0.0435. The molecule has 3 rings (SSSR count). The third kappa shape index (κ3) is 6.00. The molecule has 178 valence electrons. The molecule has 0 aromatic heterocycles. The summed E-state index contributed by atoms with van der Waals surface area (Å²) in [5, 5.41) is 16.0. The molecule has 0 atom stereocenters. The summed E-state index contributed by atoms with van der Waals surface area (Å²) in [7, 11) is 0. The summed E-state index contributed by atoms with van der Waals surface area (Å²) in [6, 6.07) is 16.2. The van der Waals surface area contributed by atoms with Gasteiger partial charge in [0.2, 0.25) is 5.91 Å². The lowest BCUT2D eigenvalue weighted by molar-refractivity contribution is -0.384. The quantitative estimate of drug-likeness (QED) is 0.152. The van der Waals surface area contributed by atoms with Gasteiger partial charge in [-0.1, -0.05) is 34.8 Å². The Balaban J connectivity index is 2.12. The molecule has 0 aliphatic carbocycles. The van der Waals surface area contributed by atoms with Crippen LogP contribution < -0.4 is 21.1 Å². The lowest BCUT2D eigenvalue weighted by atomic mass is 10.0. The normalized spacial score (nSPS) is 10.1. The number of non-ortho nitro benzene ring substituents is 1. The first-order valence-electron chi connectivity index (χ1n) is 9.99. The Hall–Kier alpha value is -4.71. The van der Waals surface area contributed by atoms with Gasteiger partial charge in [-0.15, -0.1) is 0 Å². The maximum atomic E-state index is 13.3. The van der Waals surface area contributed by atoms with Crippen LogP contribution in [0.4, 0.5) is 32.0 Å². The Morgan fingerprint density at radius 3 is 2.20 bits per heavy atom. The maximum absolute atomic E-state index is 13.3. The molecule has 0 aliphatic heterocycles. The molecular formula is C23H18FN5O5S. The number of nitrogens with zero attached hydrogens (tertiary/aromatic N) is 2. The molecule has 3 N–H and O–H groups in total. The van der Waals surface area contributed by atoms with Crippen LogP contribution in [0, 0.1) is 10.1 Å². The summed E-state index contributed by atoms with van der Waals surface area (Å²) < 4.78 is 13.3. The number of anilines is 3. The van der Waals surface area contributed by atoms with Crippen LogP contribution in [-0.2, 0) is 4.79 Å².